The van der Waals surface area contributed by atoms with E-state index in [2.05, 4.69) is 41.6 Å². The minimum absolute atomic E-state index is 0.165. The van der Waals surface area contributed by atoms with Crippen LogP contribution >= 0.6 is 11.3 Å². The SMILES string of the molecule is C[C@]12CC[C@H]3[C@@H](CC=C4C[C@@H](OCCN5CCCC5)CC[C@@]43C)[C@@]1(O)CC[C@]2(O)c1ccsc1. The van der Waals surface area contributed by atoms with Crippen molar-refractivity contribution >= 4 is 11.3 Å². The summed E-state index contributed by atoms with van der Waals surface area (Å²) < 4.78 is 6.38. The number of likely N-dealkylation sites (tertiary alicyclic amines) is 1. The Labute approximate surface area is 209 Å². The van der Waals surface area contributed by atoms with Gasteiger partial charge in [-0.15, -0.1) is 0 Å². The van der Waals surface area contributed by atoms with Crippen molar-refractivity contribution in [3.8, 4) is 0 Å². The summed E-state index contributed by atoms with van der Waals surface area (Å²) in [4.78, 5) is 2.54. The molecule has 188 valence electrons. The van der Waals surface area contributed by atoms with Crippen molar-refractivity contribution in [2.45, 2.75) is 95.4 Å². The topological polar surface area (TPSA) is 52.9 Å². The van der Waals surface area contributed by atoms with Gasteiger partial charge in [0.2, 0.25) is 0 Å². The number of fused-ring (bicyclic) bond motifs is 5. The molecule has 4 nitrogen and oxygen atoms in total. The number of hydrogen-bond acceptors (Lipinski definition) is 5. The summed E-state index contributed by atoms with van der Waals surface area (Å²) in [6.07, 6.45) is 13.2. The summed E-state index contributed by atoms with van der Waals surface area (Å²) in [5, 5.41) is 28.5. The van der Waals surface area contributed by atoms with E-state index in [9.17, 15) is 10.2 Å². The number of allylic oxidation sites excluding steroid dienone is 1. The lowest BCUT2D eigenvalue weighted by molar-refractivity contribution is -0.218. The Bertz CT molecular complexity index is 926. The molecule has 7 atom stereocenters. The lowest BCUT2D eigenvalue weighted by Gasteiger charge is -2.62. The second kappa shape index (κ2) is 8.41. The summed E-state index contributed by atoms with van der Waals surface area (Å²) in [6.45, 7) is 9.08. The molecular weight excluding hydrogens is 442 g/mol. The molecule has 4 aliphatic carbocycles. The van der Waals surface area contributed by atoms with Crippen LogP contribution in [0.2, 0.25) is 0 Å². The van der Waals surface area contributed by atoms with E-state index in [1.54, 1.807) is 16.9 Å². The van der Waals surface area contributed by atoms with Gasteiger partial charge in [0.05, 0.1) is 23.9 Å². The van der Waals surface area contributed by atoms with E-state index in [0.717, 1.165) is 57.2 Å². The van der Waals surface area contributed by atoms with Crippen molar-refractivity contribution in [1.82, 2.24) is 4.90 Å². The highest BCUT2D eigenvalue weighted by Gasteiger charge is 2.71. The maximum absolute atomic E-state index is 12.4. The van der Waals surface area contributed by atoms with Crippen LogP contribution in [0.5, 0.6) is 0 Å². The van der Waals surface area contributed by atoms with E-state index in [-0.39, 0.29) is 11.3 Å². The Kier molecular flexibility index (Phi) is 5.85. The zero-order valence-corrected chi connectivity index (χ0v) is 21.9. The first-order chi connectivity index (χ1) is 16.3. The molecule has 0 spiro atoms. The number of ether oxygens (including phenoxy) is 1. The van der Waals surface area contributed by atoms with Gasteiger partial charge in [0.15, 0.2) is 0 Å². The van der Waals surface area contributed by atoms with Gasteiger partial charge in [0, 0.05) is 12.0 Å². The van der Waals surface area contributed by atoms with Crippen molar-refractivity contribution < 1.29 is 14.9 Å². The highest BCUT2D eigenvalue weighted by molar-refractivity contribution is 7.08. The minimum atomic E-state index is -0.918. The average molecular weight is 486 g/mol. The third kappa shape index (κ3) is 3.30. The van der Waals surface area contributed by atoms with Gasteiger partial charge < -0.3 is 19.8 Å². The highest BCUT2D eigenvalue weighted by Crippen LogP contribution is 2.70. The first kappa shape index (κ1) is 23.7. The summed E-state index contributed by atoms with van der Waals surface area (Å²) in [6, 6.07) is 2.07. The van der Waals surface area contributed by atoms with Gasteiger partial charge >= 0.3 is 0 Å². The number of nitrogens with zero attached hydrogens (tertiary/aromatic N) is 1. The van der Waals surface area contributed by atoms with E-state index in [4.69, 9.17) is 4.74 Å². The maximum Gasteiger partial charge on any atom is 0.0986 e. The Balaban J connectivity index is 1.19. The minimum Gasteiger partial charge on any atom is -0.389 e. The first-order valence-corrected chi connectivity index (χ1v) is 14.8. The zero-order valence-electron chi connectivity index (χ0n) is 21.1. The Morgan fingerprint density at radius 2 is 1.88 bits per heavy atom. The molecule has 5 aliphatic rings. The number of aliphatic hydroxyl groups is 2. The largest absolute Gasteiger partial charge is 0.389 e. The summed E-state index contributed by atoms with van der Waals surface area (Å²) in [5.74, 6) is 0.737. The van der Waals surface area contributed by atoms with Crippen LogP contribution in [-0.4, -0.2) is 53.1 Å². The third-order valence-electron chi connectivity index (χ3n) is 11.4. The van der Waals surface area contributed by atoms with Crippen molar-refractivity contribution in [2.75, 3.05) is 26.2 Å². The third-order valence-corrected chi connectivity index (χ3v) is 12.0. The molecule has 34 heavy (non-hydrogen) atoms. The van der Waals surface area contributed by atoms with Crippen LogP contribution in [0.1, 0.15) is 83.6 Å². The number of thiophene rings is 1. The molecule has 2 heterocycles. The molecular formula is C29H43NO3S. The molecule has 0 unspecified atom stereocenters. The van der Waals surface area contributed by atoms with Gasteiger partial charge in [-0.2, -0.15) is 11.3 Å². The second-order valence-corrected chi connectivity index (χ2v) is 13.3. The lowest BCUT2D eigenvalue weighted by Crippen LogP contribution is -2.63. The molecule has 2 N–H and O–H groups in total. The van der Waals surface area contributed by atoms with Crippen LogP contribution in [0.15, 0.2) is 28.5 Å². The quantitative estimate of drug-likeness (QED) is 0.541. The van der Waals surface area contributed by atoms with E-state index in [1.165, 1.54) is 25.9 Å². The maximum atomic E-state index is 12.4. The van der Waals surface area contributed by atoms with Crippen molar-refractivity contribution in [3.63, 3.8) is 0 Å². The fraction of sp³-hybridized carbons (Fsp3) is 0.793. The van der Waals surface area contributed by atoms with Crippen LogP contribution in [0.4, 0.5) is 0 Å². The monoisotopic (exact) mass is 485 g/mol. The van der Waals surface area contributed by atoms with Crippen molar-refractivity contribution in [1.29, 1.82) is 0 Å². The molecule has 1 aliphatic heterocycles. The molecule has 0 amide bonds. The van der Waals surface area contributed by atoms with E-state index < -0.39 is 16.6 Å². The van der Waals surface area contributed by atoms with Crippen LogP contribution in [0.3, 0.4) is 0 Å². The smallest absolute Gasteiger partial charge is 0.0986 e. The van der Waals surface area contributed by atoms with E-state index >= 15 is 0 Å². The summed E-state index contributed by atoms with van der Waals surface area (Å²) in [5.41, 5.74) is 0.556. The van der Waals surface area contributed by atoms with Crippen LogP contribution in [0, 0.1) is 22.7 Å². The zero-order chi connectivity index (χ0) is 23.6. The average Bonchev–Trinajstić information content (AvgIpc) is 3.57. The molecule has 0 radical (unpaired) electrons. The van der Waals surface area contributed by atoms with Gasteiger partial charge in [-0.3, -0.25) is 0 Å². The van der Waals surface area contributed by atoms with Crippen LogP contribution < -0.4 is 0 Å². The number of hydrogen-bond donors (Lipinski definition) is 2. The van der Waals surface area contributed by atoms with E-state index in [0.29, 0.717) is 24.9 Å². The van der Waals surface area contributed by atoms with Gasteiger partial charge in [-0.05, 0) is 117 Å². The van der Waals surface area contributed by atoms with Gasteiger partial charge in [0.25, 0.3) is 0 Å². The highest BCUT2D eigenvalue weighted by atomic mass is 32.1. The molecule has 1 aromatic rings. The molecule has 6 rings (SSSR count). The second-order valence-electron chi connectivity index (χ2n) is 12.5. The predicted molar refractivity (Wildman–Crippen MR) is 137 cm³/mol. The standard InChI is InChI=1S/C29H43NO3S/c1-26-10-7-23(33-17-16-30-14-3-4-15-30)19-21(26)5-6-25-24(26)8-11-27(2)28(31,12-13-29(25,27)32)22-9-18-34-20-22/h5,9,18,20,23-25,31-32H,3-4,6-8,10-17,19H2,1-2H3/t23-,24-,25+,26-,27+,28-,29-/m0/s1. The first-order valence-electron chi connectivity index (χ1n) is 13.8. The van der Waals surface area contributed by atoms with Crippen LogP contribution in [-0.2, 0) is 10.3 Å². The molecule has 5 heteroatoms. The Morgan fingerprint density at radius 1 is 1.06 bits per heavy atom. The van der Waals surface area contributed by atoms with Crippen molar-refractivity contribution in [2.24, 2.45) is 22.7 Å². The molecule has 0 aromatic carbocycles. The molecule has 1 saturated heterocycles. The number of rotatable bonds is 5. The summed E-state index contributed by atoms with van der Waals surface area (Å²) in [7, 11) is 0. The normalized spacial score (nSPS) is 46.6. The Hall–Kier alpha value is -0.720. The summed E-state index contributed by atoms with van der Waals surface area (Å²) >= 11 is 1.65. The fourth-order valence-corrected chi connectivity index (χ4v) is 9.79. The van der Waals surface area contributed by atoms with Crippen LogP contribution in [0.25, 0.3) is 0 Å². The van der Waals surface area contributed by atoms with E-state index in [1.807, 2.05) is 0 Å². The van der Waals surface area contributed by atoms with Gasteiger partial charge in [-0.25, -0.2) is 0 Å². The molecule has 0 bridgehead atoms. The van der Waals surface area contributed by atoms with Gasteiger partial charge in [0.1, 0.15) is 0 Å². The molecule has 4 fully saturated rings. The van der Waals surface area contributed by atoms with Gasteiger partial charge in [-0.1, -0.05) is 25.5 Å². The predicted octanol–water partition coefficient (Wildman–Crippen LogP) is 5.49. The van der Waals surface area contributed by atoms with Crippen molar-refractivity contribution in [3.05, 3.63) is 34.0 Å². The molecule has 1 aromatic heterocycles. The lowest BCUT2D eigenvalue weighted by atomic mass is 9.45. The molecule has 3 saturated carbocycles. The Morgan fingerprint density at radius 3 is 2.65 bits per heavy atom. The fourth-order valence-electron chi connectivity index (χ4n) is 9.07.